The van der Waals surface area contributed by atoms with E-state index in [9.17, 15) is 14.4 Å². The van der Waals surface area contributed by atoms with Crippen LogP contribution in [-0.2, 0) is 19.1 Å². The molecule has 118 valence electrons. The Morgan fingerprint density at radius 3 is 2.90 bits per heavy atom. The third-order valence-corrected chi connectivity index (χ3v) is 5.28. The number of fused-ring (bicyclic) bond motifs is 1. The van der Waals surface area contributed by atoms with Gasteiger partial charge >= 0.3 is 5.97 Å². The molecule has 0 aromatic heterocycles. The van der Waals surface area contributed by atoms with Crippen molar-refractivity contribution in [3.8, 4) is 0 Å². The van der Waals surface area contributed by atoms with Crippen LogP contribution in [0.3, 0.4) is 0 Å². The molecule has 0 bridgehead atoms. The van der Waals surface area contributed by atoms with E-state index >= 15 is 0 Å². The Kier molecular flexibility index (Phi) is 4.81. The van der Waals surface area contributed by atoms with Gasteiger partial charge in [-0.2, -0.15) is 0 Å². The monoisotopic (exact) mass is 314 g/mol. The van der Waals surface area contributed by atoms with Crippen LogP contribution in [0.15, 0.2) is 0 Å². The molecule has 2 rings (SSSR count). The lowest BCUT2D eigenvalue weighted by Gasteiger charge is -2.29. The normalized spacial score (nSPS) is 27.9. The number of nitrogens with one attached hydrogen (secondary N) is 1. The number of nitrogens with zero attached hydrogens (tertiary/aromatic N) is 1. The van der Waals surface area contributed by atoms with Crippen molar-refractivity contribution in [1.29, 1.82) is 0 Å². The molecule has 2 amide bonds. The maximum absolute atomic E-state index is 12.1. The summed E-state index contributed by atoms with van der Waals surface area (Å²) in [5.41, 5.74) is 0. The number of hydrogen-bond donors (Lipinski definition) is 1. The van der Waals surface area contributed by atoms with E-state index in [1.807, 2.05) is 20.8 Å². The molecule has 2 aliphatic rings. The summed E-state index contributed by atoms with van der Waals surface area (Å²) in [6.45, 7) is 6.22. The van der Waals surface area contributed by atoms with Gasteiger partial charge in [0, 0.05) is 18.7 Å². The van der Waals surface area contributed by atoms with E-state index < -0.39 is 12.0 Å². The molecule has 0 saturated carbocycles. The molecular weight excluding hydrogens is 292 g/mol. The number of rotatable bonds is 5. The van der Waals surface area contributed by atoms with E-state index in [-0.39, 0.29) is 23.3 Å². The summed E-state index contributed by atoms with van der Waals surface area (Å²) in [6.07, 6.45) is 1.23. The van der Waals surface area contributed by atoms with Gasteiger partial charge in [0.15, 0.2) is 6.61 Å². The van der Waals surface area contributed by atoms with Crippen LogP contribution in [0.1, 0.15) is 33.6 Å². The first-order chi connectivity index (χ1) is 9.83. The largest absolute Gasteiger partial charge is 0.454 e. The maximum atomic E-state index is 12.1. The highest BCUT2D eigenvalue weighted by Crippen LogP contribution is 2.47. The van der Waals surface area contributed by atoms with Gasteiger partial charge in [0.05, 0.1) is 4.87 Å². The van der Waals surface area contributed by atoms with Crippen molar-refractivity contribution in [3.05, 3.63) is 0 Å². The predicted molar refractivity (Wildman–Crippen MR) is 79.5 cm³/mol. The van der Waals surface area contributed by atoms with Gasteiger partial charge in [-0.3, -0.25) is 9.59 Å². The van der Waals surface area contributed by atoms with Crippen molar-refractivity contribution >= 4 is 29.5 Å². The van der Waals surface area contributed by atoms with Gasteiger partial charge < -0.3 is 15.0 Å². The number of carbonyl (C=O) groups is 3. The number of amides is 2. The molecule has 21 heavy (non-hydrogen) atoms. The quantitative estimate of drug-likeness (QED) is 0.758. The highest BCUT2D eigenvalue weighted by atomic mass is 32.2. The molecule has 7 heteroatoms. The minimum Gasteiger partial charge on any atom is -0.454 e. The van der Waals surface area contributed by atoms with E-state index in [1.54, 1.807) is 16.7 Å². The average Bonchev–Trinajstić information content (AvgIpc) is 2.91. The predicted octanol–water partition coefficient (Wildman–Crippen LogP) is 0.756. The van der Waals surface area contributed by atoms with Crippen LogP contribution in [-0.4, -0.2) is 52.5 Å². The zero-order chi connectivity index (χ0) is 15.6. The summed E-state index contributed by atoms with van der Waals surface area (Å²) in [5, 5.41) is 2.69. The second kappa shape index (κ2) is 6.25. The molecule has 0 aromatic rings. The minimum atomic E-state index is -0.562. The Hall–Kier alpha value is -1.24. The van der Waals surface area contributed by atoms with E-state index in [0.717, 1.165) is 6.42 Å². The first-order valence-electron chi connectivity index (χ1n) is 7.23. The lowest BCUT2D eigenvalue weighted by molar-refractivity contribution is -0.156. The molecule has 0 unspecified atom stereocenters. The molecule has 0 radical (unpaired) electrons. The van der Waals surface area contributed by atoms with Gasteiger partial charge in [-0.25, -0.2) is 4.79 Å². The van der Waals surface area contributed by atoms with E-state index in [1.165, 1.54) is 0 Å². The summed E-state index contributed by atoms with van der Waals surface area (Å²) >= 11 is 1.61. The zero-order valence-electron chi connectivity index (χ0n) is 12.7. The van der Waals surface area contributed by atoms with Crippen LogP contribution in [0, 0.1) is 5.92 Å². The smallest absolute Gasteiger partial charge is 0.330 e. The molecular formula is C14H22N2O4S. The molecule has 6 nitrogen and oxygen atoms in total. The molecule has 0 aliphatic carbocycles. The average molecular weight is 314 g/mol. The first kappa shape index (κ1) is 16.1. The summed E-state index contributed by atoms with van der Waals surface area (Å²) in [6, 6.07) is -0.562. The van der Waals surface area contributed by atoms with Crippen LogP contribution >= 0.6 is 11.8 Å². The maximum Gasteiger partial charge on any atom is 0.330 e. The summed E-state index contributed by atoms with van der Waals surface area (Å²) in [4.78, 5) is 36.9. The Morgan fingerprint density at radius 1 is 1.52 bits per heavy atom. The standard InChI is InChI=1S/C14H22N2O4S/c1-9(2)6-15-11(17)7-20-13(19)10-8-21-14(3)5-4-12(18)16(10)14/h9-10H,4-8H2,1-3H3,(H,15,17)/t10-,14+/m0/s1. The van der Waals surface area contributed by atoms with Crippen LogP contribution < -0.4 is 5.32 Å². The second-order valence-electron chi connectivity index (χ2n) is 6.07. The topological polar surface area (TPSA) is 75.7 Å². The van der Waals surface area contributed by atoms with E-state index in [2.05, 4.69) is 5.32 Å². The Labute approximate surface area is 129 Å². The van der Waals surface area contributed by atoms with Gasteiger partial charge in [0.25, 0.3) is 5.91 Å². The minimum absolute atomic E-state index is 0.00582. The molecule has 0 aromatic carbocycles. The summed E-state index contributed by atoms with van der Waals surface area (Å²) in [7, 11) is 0. The number of esters is 1. The fourth-order valence-electron chi connectivity index (χ4n) is 2.60. The van der Waals surface area contributed by atoms with Gasteiger partial charge in [0.1, 0.15) is 6.04 Å². The molecule has 1 N–H and O–H groups in total. The van der Waals surface area contributed by atoms with E-state index in [4.69, 9.17) is 4.74 Å². The SMILES string of the molecule is CC(C)CNC(=O)COC(=O)[C@@H]1CS[C@]2(C)CCC(=O)N12. The Balaban J connectivity index is 1.84. The summed E-state index contributed by atoms with van der Waals surface area (Å²) in [5.74, 6) is 0.0845. The van der Waals surface area contributed by atoms with E-state index in [0.29, 0.717) is 24.6 Å². The van der Waals surface area contributed by atoms with Crippen molar-refractivity contribution in [2.75, 3.05) is 18.9 Å². The highest BCUT2D eigenvalue weighted by Gasteiger charge is 2.53. The fourth-order valence-corrected chi connectivity index (χ4v) is 4.01. The molecule has 2 fully saturated rings. The fraction of sp³-hybridized carbons (Fsp3) is 0.786. The van der Waals surface area contributed by atoms with Gasteiger partial charge in [0.2, 0.25) is 5.91 Å². The summed E-state index contributed by atoms with van der Waals surface area (Å²) < 4.78 is 5.06. The zero-order valence-corrected chi connectivity index (χ0v) is 13.5. The lowest BCUT2D eigenvalue weighted by atomic mass is 10.2. The molecule has 0 spiro atoms. The van der Waals surface area contributed by atoms with Gasteiger partial charge in [-0.1, -0.05) is 13.8 Å². The third-order valence-electron chi connectivity index (χ3n) is 3.77. The van der Waals surface area contributed by atoms with Crippen LogP contribution in [0.25, 0.3) is 0 Å². The number of ether oxygens (including phenoxy) is 1. The van der Waals surface area contributed by atoms with Crippen molar-refractivity contribution in [3.63, 3.8) is 0 Å². The Bertz CT molecular complexity index is 454. The molecule has 2 heterocycles. The van der Waals surface area contributed by atoms with Crippen molar-refractivity contribution in [2.45, 2.75) is 44.5 Å². The lowest BCUT2D eigenvalue weighted by Crippen LogP contribution is -2.47. The van der Waals surface area contributed by atoms with Crippen molar-refractivity contribution < 1.29 is 19.1 Å². The Morgan fingerprint density at radius 2 is 2.24 bits per heavy atom. The molecule has 2 aliphatic heterocycles. The van der Waals surface area contributed by atoms with Crippen molar-refractivity contribution in [1.82, 2.24) is 10.2 Å². The molecule has 2 saturated heterocycles. The molecule has 2 atom stereocenters. The number of hydrogen-bond acceptors (Lipinski definition) is 5. The van der Waals surface area contributed by atoms with Crippen LogP contribution in [0.5, 0.6) is 0 Å². The third kappa shape index (κ3) is 3.51. The van der Waals surface area contributed by atoms with Crippen LogP contribution in [0.2, 0.25) is 0 Å². The van der Waals surface area contributed by atoms with Gasteiger partial charge in [-0.15, -0.1) is 11.8 Å². The number of carbonyl (C=O) groups excluding carboxylic acids is 3. The van der Waals surface area contributed by atoms with Crippen LogP contribution in [0.4, 0.5) is 0 Å². The van der Waals surface area contributed by atoms with Gasteiger partial charge in [-0.05, 0) is 19.3 Å². The highest BCUT2D eigenvalue weighted by molar-refractivity contribution is 8.01. The first-order valence-corrected chi connectivity index (χ1v) is 8.21. The second-order valence-corrected chi connectivity index (χ2v) is 7.57. The van der Waals surface area contributed by atoms with Crippen molar-refractivity contribution in [2.24, 2.45) is 5.92 Å². The number of thioether (sulfide) groups is 1.